The van der Waals surface area contributed by atoms with Gasteiger partial charge in [0, 0.05) is 19.4 Å². The van der Waals surface area contributed by atoms with Crippen LogP contribution in [0.25, 0.3) is 0 Å². The highest BCUT2D eigenvalue weighted by molar-refractivity contribution is 5.83. The minimum atomic E-state index is -1.21. The van der Waals surface area contributed by atoms with E-state index in [1.54, 1.807) is 6.92 Å². The molecule has 0 spiro atoms. The van der Waals surface area contributed by atoms with E-state index >= 15 is 0 Å². The van der Waals surface area contributed by atoms with Crippen molar-refractivity contribution in [2.75, 3.05) is 6.54 Å². The standard InChI is InChI=1S/C11H17N3O4/c1-2-3-4-7-13-11(18)14-8(10(16)17)5-6-9(12)15/h8H,4-7H2,1H3,(H2,12,15)(H,16,17)(H2,13,14,18)/t8-/m1/s1. The largest absolute Gasteiger partial charge is 0.480 e. The van der Waals surface area contributed by atoms with Gasteiger partial charge in [-0.2, -0.15) is 0 Å². The molecule has 0 aliphatic heterocycles. The summed E-state index contributed by atoms with van der Waals surface area (Å²) in [6, 6.07) is -1.74. The summed E-state index contributed by atoms with van der Waals surface area (Å²) in [5.41, 5.74) is 4.91. The summed E-state index contributed by atoms with van der Waals surface area (Å²) in [7, 11) is 0. The lowest BCUT2D eigenvalue weighted by molar-refractivity contribution is -0.139. The highest BCUT2D eigenvalue weighted by Gasteiger charge is 2.19. The lowest BCUT2D eigenvalue weighted by Crippen LogP contribution is -2.46. The molecule has 5 N–H and O–H groups in total. The number of primary amides is 1. The zero-order valence-corrected chi connectivity index (χ0v) is 10.2. The Balaban J connectivity index is 4.06. The lowest BCUT2D eigenvalue weighted by Gasteiger charge is -2.13. The first-order valence-corrected chi connectivity index (χ1v) is 5.42. The summed E-state index contributed by atoms with van der Waals surface area (Å²) < 4.78 is 0. The molecule has 0 aliphatic rings. The highest BCUT2D eigenvalue weighted by Crippen LogP contribution is 1.97. The molecule has 3 amide bonds. The van der Waals surface area contributed by atoms with Crippen molar-refractivity contribution in [1.29, 1.82) is 0 Å². The predicted molar refractivity (Wildman–Crippen MR) is 64.5 cm³/mol. The molecule has 1 atom stereocenters. The molecule has 0 unspecified atom stereocenters. The van der Waals surface area contributed by atoms with Crippen LogP contribution in [0.3, 0.4) is 0 Å². The molecule has 0 saturated heterocycles. The SMILES string of the molecule is CC#CCCNC(=O)N[C@H](CCC(N)=O)C(=O)O. The monoisotopic (exact) mass is 255 g/mol. The van der Waals surface area contributed by atoms with Crippen molar-refractivity contribution in [2.45, 2.75) is 32.2 Å². The van der Waals surface area contributed by atoms with Crippen molar-refractivity contribution in [3.05, 3.63) is 0 Å². The van der Waals surface area contributed by atoms with Gasteiger partial charge >= 0.3 is 12.0 Å². The van der Waals surface area contributed by atoms with Crippen molar-refractivity contribution < 1.29 is 19.5 Å². The van der Waals surface area contributed by atoms with Gasteiger partial charge < -0.3 is 21.5 Å². The molecule has 0 saturated carbocycles. The maximum atomic E-state index is 11.3. The fraction of sp³-hybridized carbons (Fsp3) is 0.545. The Labute approximate surface area is 105 Å². The smallest absolute Gasteiger partial charge is 0.326 e. The first-order chi connectivity index (χ1) is 8.47. The zero-order valence-electron chi connectivity index (χ0n) is 10.2. The van der Waals surface area contributed by atoms with E-state index in [2.05, 4.69) is 22.5 Å². The first-order valence-electron chi connectivity index (χ1n) is 5.42. The van der Waals surface area contributed by atoms with Crippen LogP contribution >= 0.6 is 0 Å². The fourth-order valence-corrected chi connectivity index (χ4v) is 1.12. The average Bonchev–Trinajstić information content (AvgIpc) is 2.29. The zero-order chi connectivity index (χ0) is 14.0. The van der Waals surface area contributed by atoms with Gasteiger partial charge in [-0.25, -0.2) is 9.59 Å². The number of hydrogen-bond donors (Lipinski definition) is 4. The molecule has 0 aromatic rings. The average molecular weight is 255 g/mol. The molecule has 7 nitrogen and oxygen atoms in total. The van der Waals surface area contributed by atoms with Gasteiger partial charge in [0.05, 0.1) is 0 Å². The second kappa shape index (κ2) is 8.87. The molecule has 0 bridgehead atoms. The van der Waals surface area contributed by atoms with Crippen LogP contribution in [0.2, 0.25) is 0 Å². The molecular formula is C11H17N3O4. The van der Waals surface area contributed by atoms with Crippen LogP contribution < -0.4 is 16.4 Å². The molecule has 0 aromatic heterocycles. The molecule has 0 heterocycles. The second-order valence-electron chi connectivity index (χ2n) is 3.47. The van der Waals surface area contributed by atoms with Crippen molar-refractivity contribution in [1.82, 2.24) is 10.6 Å². The van der Waals surface area contributed by atoms with E-state index in [0.29, 0.717) is 13.0 Å². The van der Waals surface area contributed by atoms with Crippen LogP contribution in [-0.4, -0.2) is 35.6 Å². The predicted octanol–water partition coefficient (Wildman–Crippen LogP) is -0.582. The molecule has 100 valence electrons. The molecule has 18 heavy (non-hydrogen) atoms. The van der Waals surface area contributed by atoms with Gasteiger partial charge in [-0.1, -0.05) is 0 Å². The summed E-state index contributed by atoms with van der Waals surface area (Å²) >= 11 is 0. The van der Waals surface area contributed by atoms with Crippen LogP contribution in [0, 0.1) is 11.8 Å². The van der Waals surface area contributed by atoms with Crippen LogP contribution in [0.15, 0.2) is 0 Å². The van der Waals surface area contributed by atoms with Gasteiger partial charge in [0.25, 0.3) is 0 Å². The van der Waals surface area contributed by atoms with Crippen LogP contribution in [0.4, 0.5) is 4.79 Å². The highest BCUT2D eigenvalue weighted by atomic mass is 16.4. The number of amides is 3. The van der Waals surface area contributed by atoms with E-state index in [1.807, 2.05) is 0 Å². The van der Waals surface area contributed by atoms with E-state index < -0.39 is 23.9 Å². The summed E-state index contributed by atoms with van der Waals surface area (Å²) in [5, 5.41) is 13.5. The number of nitrogens with two attached hydrogens (primary N) is 1. The van der Waals surface area contributed by atoms with Crippen LogP contribution in [-0.2, 0) is 9.59 Å². The fourth-order valence-electron chi connectivity index (χ4n) is 1.12. The summed E-state index contributed by atoms with van der Waals surface area (Å²) in [4.78, 5) is 32.7. The van der Waals surface area contributed by atoms with Gasteiger partial charge in [0.2, 0.25) is 5.91 Å². The third kappa shape index (κ3) is 7.98. The Bertz CT molecular complexity index is 370. The molecule has 0 rings (SSSR count). The number of carboxylic acids is 1. The second-order valence-corrected chi connectivity index (χ2v) is 3.47. The van der Waals surface area contributed by atoms with E-state index in [4.69, 9.17) is 10.8 Å². The third-order valence-corrected chi connectivity index (χ3v) is 2.00. The minimum absolute atomic E-state index is 0.0349. The summed E-state index contributed by atoms with van der Waals surface area (Å²) in [6.07, 6.45) is 0.356. The maximum absolute atomic E-state index is 11.3. The lowest BCUT2D eigenvalue weighted by atomic mass is 10.1. The Hall–Kier alpha value is -2.23. The van der Waals surface area contributed by atoms with E-state index in [0.717, 1.165) is 0 Å². The van der Waals surface area contributed by atoms with Crippen molar-refractivity contribution in [3.63, 3.8) is 0 Å². The number of hydrogen-bond acceptors (Lipinski definition) is 3. The van der Waals surface area contributed by atoms with E-state index in [9.17, 15) is 14.4 Å². The maximum Gasteiger partial charge on any atom is 0.326 e. The van der Waals surface area contributed by atoms with Crippen LogP contribution in [0.5, 0.6) is 0 Å². The Morgan fingerprint density at radius 3 is 2.56 bits per heavy atom. The topological polar surface area (TPSA) is 122 Å². The molecular weight excluding hydrogens is 238 g/mol. The van der Waals surface area contributed by atoms with Gasteiger partial charge in [-0.05, 0) is 13.3 Å². The van der Waals surface area contributed by atoms with Crippen molar-refractivity contribution in [2.24, 2.45) is 5.73 Å². The van der Waals surface area contributed by atoms with Crippen molar-refractivity contribution >= 4 is 17.9 Å². The molecule has 0 radical (unpaired) electrons. The minimum Gasteiger partial charge on any atom is -0.480 e. The number of nitrogens with one attached hydrogen (secondary N) is 2. The number of carbonyl (C=O) groups excluding carboxylic acids is 2. The quantitative estimate of drug-likeness (QED) is 0.359. The Morgan fingerprint density at radius 1 is 1.39 bits per heavy atom. The number of rotatable bonds is 7. The Kier molecular flexibility index (Phi) is 7.77. The summed E-state index contributed by atoms with van der Waals surface area (Å²) in [6.45, 7) is 2.01. The normalized spacial score (nSPS) is 10.7. The number of aliphatic carboxylic acids is 1. The molecule has 0 fully saturated rings. The first kappa shape index (κ1) is 15.8. The number of urea groups is 1. The molecule has 0 aliphatic carbocycles. The van der Waals surface area contributed by atoms with Crippen molar-refractivity contribution in [3.8, 4) is 11.8 Å². The third-order valence-electron chi connectivity index (χ3n) is 2.00. The molecule has 0 aromatic carbocycles. The van der Waals surface area contributed by atoms with Gasteiger partial charge in [0.1, 0.15) is 6.04 Å². The van der Waals surface area contributed by atoms with Crippen LogP contribution in [0.1, 0.15) is 26.2 Å². The van der Waals surface area contributed by atoms with Gasteiger partial charge in [0.15, 0.2) is 0 Å². The number of carboxylic acid groups (broad SMARTS) is 1. The number of carbonyl (C=O) groups is 3. The van der Waals surface area contributed by atoms with E-state index in [-0.39, 0.29) is 12.8 Å². The van der Waals surface area contributed by atoms with Gasteiger partial charge in [-0.3, -0.25) is 4.79 Å². The Morgan fingerprint density at radius 2 is 2.06 bits per heavy atom. The van der Waals surface area contributed by atoms with Gasteiger partial charge in [-0.15, -0.1) is 11.8 Å². The van der Waals surface area contributed by atoms with E-state index in [1.165, 1.54) is 0 Å². The summed E-state index contributed by atoms with van der Waals surface area (Å²) in [5.74, 6) is 3.60. The molecule has 7 heteroatoms.